The van der Waals surface area contributed by atoms with Gasteiger partial charge in [-0.25, -0.2) is 9.97 Å². The van der Waals surface area contributed by atoms with Gasteiger partial charge < -0.3 is 8.98 Å². The number of furan rings is 1. The highest BCUT2D eigenvalue weighted by Gasteiger charge is 2.20. The lowest BCUT2D eigenvalue weighted by Crippen LogP contribution is -2.03. The molecule has 0 fully saturated rings. The van der Waals surface area contributed by atoms with E-state index in [1.165, 1.54) is 16.3 Å². The summed E-state index contributed by atoms with van der Waals surface area (Å²) in [4.78, 5) is 10.4. The van der Waals surface area contributed by atoms with Crippen LogP contribution in [0.25, 0.3) is 88.4 Å². The summed E-state index contributed by atoms with van der Waals surface area (Å²) in [5.74, 6) is 0.609. The minimum absolute atomic E-state index is 0.609. The molecule has 0 N–H and O–H groups in total. The Hall–Kier alpha value is -6.46. The maximum absolute atomic E-state index is 5.72. The number of nitrogens with zero attached hydrogens (tertiary/aromatic N) is 4. The molecule has 0 unspecified atom stereocenters. The van der Waals surface area contributed by atoms with Crippen LogP contribution in [0.1, 0.15) is 0 Å². The molecule has 5 nitrogen and oxygen atoms in total. The molecule has 6 aromatic carbocycles. The Morgan fingerprint density at radius 2 is 1.26 bits per heavy atom. The third-order valence-electron chi connectivity index (χ3n) is 9.32. The third kappa shape index (κ3) is 3.90. The molecule has 0 aliphatic rings. The Balaban J connectivity index is 1.19. The monoisotopic (exact) mass is 602 g/mol. The summed E-state index contributed by atoms with van der Waals surface area (Å²) in [5.41, 5.74) is 9.37. The first-order chi connectivity index (χ1) is 23.3. The Labute approximate surface area is 269 Å². The Bertz CT molecular complexity index is 2780. The van der Waals surface area contributed by atoms with E-state index in [0.717, 1.165) is 66.1 Å². The number of aromatic nitrogens is 4. The Kier molecular flexibility index (Phi) is 5.51. The van der Waals surface area contributed by atoms with Gasteiger partial charge in [-0.05, 0) is 52.2 Å². The molecule has 0 atom stereocenters. The van der Waals surface area contributed by atoms with Gasteiger partial charge in [0.1, 0.15) is 18.0 Å². The third-order valence-corrected chi connectivity index (χ3v) is 9.32. The van der Waals surface area contributed by atoms with Gasteiger partial charge in [-0.1, -0.05) is 109 Å². The summed E-state index contributed by atoms with van der Waals surface area (Å²) in [6, 6.07) is 49.2. The van der Waals surface area contributed by atoms with Crippen LogP contribution in [0.4, 0.5) is 0 Å². The second kappa shape index (κ2) is 10.0. The van der Waals surface area contributed by atoms with Crippen LogP contribution in [0.3, 0.4) is 0 Å². The van der Waals surface area contributed by atoms with E-state index < -0.39 is 0 Å². The van der Waals surface area contributed by atoms with Gasteiger partial charge in [-0.15, -0.1) is 0 Å². The lowest BCUT2D eigenvalue weighted by Gasteiger charge is -2.11. The van der Waals surface area contributed by atoms with Crippen molar-refractivity contribution >= 4 is 54.4 Å². The molecule has 4 aromatic heterocycles. The van der Waals surface area contributed by atoms with E-state index in [2.05, 4.69) is 149 Å². The molecule has 4 heterocycles. The first-order valence-electron chi connectivity index (χ1n) is 15.7. The highest BCUT2D eigenvalue weighted by Crippen LogP contribution is 2.38. The molecule has 0 saturated heterocycles. The van der Waals surface area contributed by atoms with E-state index in [0.29, 0.717) is 5.95 Å². The second-order valence-corrected chi connectivity index (χ2v) is 11.9. The molecule has 0 aliphatic heterocycles. The lowest BCUT2D eigenvalue weighted by atomic mass is 9.97. The van der Waals surface area contributed by atoms with Crippen LogP contribution in [0.15, 0.2) is 163 Å². The Morgan fingerprint density at radius 3 is 2.15 bits per heavy atom. The average molecular weight is 603 g/mol. The fourth-order valence-corrected chi connectivity index (χ4v) is 7.15. The summed E-state index contributed by atoms with van der Waals surface area (Å²) in [7, 11) is 0. The molecule has 0 spiro atoms. The highest BCUT2D eigenvalue weighted by atomic mass is 16.3. The fourth-order valence-electron chi connectivity index (χ4n) is 7.15. The van der Waals surface area contributed by atoms with Crippen LogP contribution in [0, 0.1) is 0 Å². The van der Waals surface area contributed by atoms with Crippen LogP contribution < -0.4 is 0 Å². The summed E-state index contributed by atoms with van der Waals surface area (Å²) < 4.78 is 10.2. The van der Waals surface area contributed by atoms with E-state index in [-0.39, 0.29) is 0 Å². The van der Waals surface area contributed by atoms with Crippen LogP contribution in [-0.2, 0) is 0 Å². The summed E-state index contributed by atoms with van der Waals surface area (Å²) in [6.07, 6.45) is 5.60. The largest absolute Gasteiger partial charge is 0.470 e. The lowest BCUT2D eigenvalue weighted by molar-refractivity contribution is 0.572. The number of fused-ring (bicyclic) bond motifs is 7. The van der Waals surface area contributed by atoms with Gasteiger partial charge >= 0.3 is 0 Å². The number of para-hydroxylation sites is 2. The van der Waals surface area contributed by atoms with Crippen molar-refractivity contribution in [2.24, 2.45) is 0 Å². The van der Waals surface area contributed by atoms with E-state index in [1.54, 1.807) is 12.5 Å². The van der Waals surface area contributed by atoms with Gasteiger partial charge in [-0.3, -0.25) is 4.57 Å². The molecule has 47 heavy (non-hydrogen) atoms. The van der Waals surface area contributed by atoms with Crippen molar-refractivity contribution in [3.63, 3.8) is 0 Å². The molecule has 10 aromatic rings. The van der Waals surface area contributed by atoms with Crippen molar-refractivity contribution in [2.75, 3.05) is 0 Å². The molecule has 0 saturated carbocycles. The summed E-state index contributed by atoms with van der Waals surface area (Å²) in [6.45, 7) is 0. The van der Waals surface area contributed by atoms with Crippen LogP contribution >= 0.6 is 0 Å². The molecular formula is C42H26N4O. The Morgan fingerprint density at radius 1 is 0.489 bits per heavy atom. The minimum Gasteiger partial charge on any atom is -0.470 e. The number of rotatable bonds is 4. The smallest absolute Gasteiger partial charge is 0.235 e. The zero-order chi connectivity index (χ0) is 30.9. The van der Waals surface area contributed by atoms with Crippen molar-refractivity contribution in [2.45, 2.75) is 0 Å². The van der Waals surface area contributed by atoms with E-state index in [1.807, 2.05) is 6.07 Å². The SMILES string of the molecule is c1ccc(-n2ccc3c2ccc2c4ccccc4n(-c4nc(-c5ccc(-c6cccc7ccccc67)cc5)c5cocc5n4)c23)cc1. The minimum atomic E-state index is 0.609. The highest BCUT2D eigenvalue weighted by molar-refractivity contribution is 6.18. The van der Waals surface area contributed by atoms with Gasteiger partial charge in [-0.2, -0.15) is 0 Å². The normalized spacial score (nSPS) is 11.8. The van der Waals surface area contributed by atoms with E-state index in [4.69, 9.17) is 14.4 Å². The molecule has 0 amide bonds. The second-order valence-electron chi connectivity index (χ2n) is 11.9. The van der Waals surface area contributed by atoms with Crippen molar-refractivity contribution in [3.8, 4) is 34.0 Å². The van der Waals surface area contributed by atoms with Gasteiger partial charge in [0, 0.05) is 33.6 Å². The fraction of sp³-hybridized carbons (Fsp3) is 0. The van der Waals surface area contributed by atoms with Crippen LogP contribution in [0.5, 0.6) is 0 Å². The summed E-state index contributed by atoms with van der Waals surface area (Å²) >= 11 is 0. The first-order valence-corrected chi connectivity index (χ1v) is 15.7. The maximum Gasteiger partial charge on any atom is 0.235 e. The molecule has 0 bridgehead atoms. The molecule has 5 heteroatoms. The van der Waals surface area contributed by atoms with Gasteiger partial charge in [0.05, 0.1) is 27.6 Å². The average Bonchev–Trinajstić information content (AvgIpc) is 3.87. The predicted molar refractivity (Wildman–Crippen MR) is 191 cm³/mol. The molecule has 0 radical (unpaired) electrons. The first kappa shape index (κ1) is 25.8. The van der Waals surface area contributed by atoms with E-state index >= 15 is 0 Å². The molecule has 10 rings (SSSR count). The van der Waals surface area contributed by atoms with Crippen LogP contribution in [0.2, 0.25) is 0 Å². The van der Waals surface area contributed by atoms with Crippen molar-refractivity contribution in [1.29, 1.82) is 0 Å². The quantitative estimate of drug-likeness (QED) is 0.201. The topological polar surface area (TPSA) is 48.8 Å². The zero-order valence-electron chi connectivity index (χ0n) is 25.2. The van der Waals surface area contributed by atoms with Gasteiger partial charge in [0.15, 0.2) is 0 Å². The number of hydrogen-bond acceptors (Lipinski definition) is 3. The van der Waals surface area contributed by atoms with Crippen molar-refractivity contribution in [1.82, 2.24) is 19.1 Å². The number of hydrogen-bond donors (Lipinski definition) is 0. The van der Waals surface area contributed by atoms with Gasteiger partial charge in [0.2, 0.25) is 5.95 Å². The zero-order valence-corrected chi connectivity index (χ0v) is 25.2. The molecule has 0 aliphatic carbocycles. The van der Waals surface area contributed by atoms with Crippen molar-refractivity contribution < 1.29 is 4.42 Å². The maximum atomic E-state index is 5.72. The van der Waals surface area contributed by atoms with E-state index in [9.17, 15) is 0 Å². The standard InChI is InChI=1S/C42H26N4O/c1-2-11-30(12-3-1)45-24-23-35-38(45)22-21-34-33-14-6-7-16-39(33)46(41(34)35)42-43-37-26-47-25-36(37)40(44-42)29-19-17-28(18-20-29)32-15-8-10-27-9-4-5-13-31(27)32/h1-26H. The van der Waals surface area contributed by atoms with Crippen molar-refractivity contribution in [3.05, 3.63) is 158 Å². The summed E-state index contributed by atoms with van der Waals surface area (Å²) in [5, 5.41) is 6.81. The van der Waals surface area contributed by atoms with Crippen LogP contribution in [-0.4, -0.2) is 19.1 Å². The molecular weight excluding hydrogens is 576 g/mol. The van der Waals surface area contributed by atoms with Gasteiger partial charge in [0.25, 0.3) is 0 Å². The molecule has 220 valence electrons. The predicted octanol–water partition coefficient (Wildman–Crippen LogP) is 10.8. The number of benzene rings is 6.